The minimum Gasteiger partial charge on any atom is -0.324 e. The second-order valence-electron chi connectivity index (χ2n) is 9.25. The topological polar surface area (TPSA) is 88.0 Å². The van der Waals surface area contributed by atoms with Crippen molar-refractivity contribution in [2.75, 3.05) is 17.2 Å². The quantitative estimate of drug-likeness (QED) is 0.339. The highest BCUT2D eigenvalue weighted by Gasteiger charge is 2.21. The SMILES string of the molecule is Cc1cnc(Nc2ccc3c(c2)CCN(C(=O)Nc2cccc(Cl)c2)C3)nc1-c1cnn(C(C)C)c1. The molecule has 1 aliphatic heterocycles. The fourth-order valence-corrected chi connectivity index (χ4v) is 4.43. The number of halogens is 1. The first-order valence-corrected chi connectivity index (χ1v) is 12.3. The Morgan fingerprint density at radius 3 is 2.72 bits per heavy atom. The molecule has 0 radical (unpaired) electrons. The van der Waals surface area contributed by atoms with Crippen molar-refractivity contribution in [3.63, 3.8) is 0 Å². The number of carbonyl (C=O) groups excluding carboxylic acids is 1. The Morgan fingerprint density at radius 2 is 1.94 bits per heavy atom. The highest BCUT2D eigenvalue weighted by atomic mass is 35.5. The van der Waals surface area contributed by atoms with Crippen molar-refractivity contribution in [3.05, 3.63) is 82.8 Å². The summed E-state index contributed by atoms with van der Waals surface area (Å²) < 4.78 is 1.92. The van der Waals surface area contributed by atoms with Crippen LogP contribution in [-0.4, -0.2) is 37.2 Å². The Kier molecular flexibility index (Phi) is 6.61. The van der Waals surface area contributed by atoms with Gasteiger partial charge in [-0.25, -0.2) is 14.8 Å². The number of nitrogens with one attached hydrogen (secondary N) is 2. The molecule has 0 spiro atoms. The number of amides is 2. The van der Waals surface area contributed by atoms with E-state index in [1.807, 2.05) is 53.3 Å². The van der Waals surface area contributed by atoms with Gasteiger partial charge in [0.15, 0.2) is 0 Å². The second-order valence-corrected chi connectivity index (χ2v) is 9.68. The third-order valence-corrected chi connectivity index (χ3v) is 6.45. The number of anilines is 3. The molecule has 0 saturated carbocycles. The van der Waals surface area contributed by atoms with Crippen LogP contribution in [0.1, 0.15) is 36.6 Å². The molecule has 184 valence electrons. The van der Waals surface area contributed by atoms with Crippen molar-refractivity contribution in [3.8, 4) is 11.3 Å². The van der Waals surface area contributed by atoms with Gasteiger partial charge in [-0.2, -0.15) is 5.10 Å². The maximum atomic E-state index is 12.7. The largest absolute Gasteiger partial charge is 0.324 e. The van der Waals surface area contributed by atoms with Gasteiger partial charge < -0.3 is 15.5 Å². The van der Waals surface area contributed by atoms with Crippen molar-refractivity contribution in [1.29, 1.82) is 0 Å². The monoisotopic (exact) mass is 501 g/mol. The first kappa shape index (κ1) is 23.8. The summed E-state index contributed by atoms with van der Waals surface area (Å²) in [4.78, 5) is 23.8. The van der Waals surface area contributed by atoms with Crippen molar-refractivity contribution >= 4 is 35.0 Å². The molecule has 0 fully saturated rings. The van der Waals surface area contributed by atoms with E-state index in [0.29, 0.717) is 29.7 Å². The van der Waals surface area contributed by atoms with Crippen LogP contribution in [0.5, 0.6) is 0 Å². The molecular formula is C27H28ClN7O. The van der Waals surface area contributed by atoms with Gasteiger partial charge in [-0.05, 0) is 74.2 Å². The Balaban J connectivity index is 1.28. The number of urea groups is 1. The second kappa shape index (κ2) is 9.99. The zero-order chi connectivity index (χ0) is 25.2. The summed E-state index contributed by atoms with van der Waals surface area (Å²) in [5.74, 6) is 0.534. The Hall–Kier alpha value is -3.91. The average molecular weight is 502 g/mol. The summed E-state index contributed by atoms with van der Waals surface area (Å²) in [5.41, 5.74) is 6.75. The molecule has 0 aliphatic carbocycles. The van der Waals surface area contributed by atoms with Gasteiger partial charge in [-0.3, -0.25) is 4.68 Å². The maximum Gasteiger partial charge on any atom is 0.322 e. The zero-order valence-corrected chi connectivity index (χ0v) is 21.3. The van der Waals surface area contributed by atoms with E-state index in [4.69, 9.17) is 16.6 Å². The van der Waals surface area contributed by atoms with Crippen LogP contribution >= 0.6 is 11.6 Å². The molecule has 0 bridgehead atoms. The molecule has 36 heavy (non-hydrogen) atoms. The van der Waals surface area contributed by atoms with Gasteiger partial charge in [0, 0.05) is 53.5 Å². The molecule has 0 saturated heterocycles. The number of aryl methyl sites for hydroxylation is 1. The molecule has 3 heterocycles. The van der Waals surface area contributed by atoms with Crippen molar-refractivity contribution in [1.82, 2.24) is 24.6 Å². The van der Waals surface area contributed by atoms with Gasteiger partial charge >= 0.3 is 6.03 Å². The fourth-order valence-electron chi connectivity index (χ4n) is 4.24. The first-order valence-electron chi connectivity index (χ1n) is 11.9. The summed E-state index contributed by atoms with van der Waals surface area (Å²) >= 11 is 6.03. The van der Waals surface area contributed by atoms with E-state index in [9.17, 15) is 4.79 Å². The van der Waals surface area contributed by atoms with Gasteiger partial charge in [0.25, 0.3) is 0 Å². The Labute approximate surface area is 215 Å². The molecule has 0 atom stereocenters. The summed E-state index contributed by atoms with van der Waals surface area (Å²) in [6, 6.07) is 13.5. The van der Waals surface area contributed by atoms with Gasteiger partial charge in [0.1, 0.15) is 0 Å². The number of aromatic nitrogens is 4. The van der Waals surface area contributed by atoms with E-state index < -0.39 is 0 Å². The van der Waals surface area contributed by atoms with E-state index in [1.54, 1.807) is 12.1 Å². The lowest BCUT2D eigenvalue weighted by atomic mass is 9.99. The predicted molar refractivity (Wildman–Crippen MR) is 143 cm³/mol. The Bertz CT molecular complexity index is 1420. The lowest BCUT2D eigenvalue weighted by Gasteiger charge is -2.29. The van der Waals surface area contributed by atoms with Crippen molar-refractivity contribution in [2.24, 2.45) is 0 Å². The van der Waals surface area contributed by atoms with Crippen LogP contribution in [0.4, 0.5) is 22.1 Å². The molecule has 9 heteroatoms. The molecule has 8 nitrogen and oxygen atoms in total. The van der Waals surface area contributed by atoms with Gasteiger partial charge in [0.2, 0.25) is 5.95 Å². The molecule has 2 N–H and O–H groups in total. The molecule has 2 aromatic heterocycles. The summed E-state index contributed by atoms with van der Waals surface area (Å²) in [6.45, 7) is 7.37. The predicted octanol–water partition coefficient (Wildman–Crippen LogP) is 6.22. The summed E-state index contributed by atoms with van der Waals surface area (Å²) in [7, 11) is 0. The fraction of sp³-hybridized carbons (Fsp3) is 0.259. The van der Waals surface area contributed by atoms with Crippen LogP contribution in [0.3, 0.4) is 0 Å². The van der Waals surface area contributed by atoms with Crippen LogP contribution in [0.25, 0.3) is 11.3 Å². The van der Waals surface area contributed by atoms with Crippen LogP contribution in [-0.2, 0) is 13.0 Å². The molecule has 5 rings (SSSR count). The first-order chi connectivity index (χ1) is 17.4. The Morgan fingerprint density at radius 1 is 1.08 bits per heavy atom. The van der Waals surface area contributed by atoms with Gasteiger partial charge in [-0.15, -0.1) is 0 Å². The van der Waals surface area contributed by atoms with E-state index >= 15 is 0 Å². The standard InChI is InChI=1S/C27H28ClN7O/c1-17(2)35-16-21(14-30-35)25-18(3)13-29-26(33-25)31-24-8-7-20-15-34(10-9-19(20)11-24)27(36)32-23-6-4-5-22(28)12-23/h4-8,11-14,16-17H,9-10,15H2,1-3H3,(H,32,36)(H,29,31,33). The van der Waals surface area contributed by atoms with Gasteiger partial charge in [0.05, 0.1) is 11.9 Å². The van der Waals surface area contributed by atoms with Crippen LogP contribution in [0, 0.1) is 6.92 Å². The smallest absolute Gasteiger partial charge is 0.322 e. The van der Waals surface area contributed by atoms with E-state index in [-0.39, 0.29) is 12.1 Å². The van der Waals surface area contributed by atoms with Crippen molar-refractivity contribution in [2.45, 2.75) is 39.8 Å². The third kappa shape index (κ3) is 5.18. The summed E-state index contributed by atoms with van der Waals surface area (Å²) in [5, 5.41) is 11.3. The molecule has 2 aromatic carbocycles. The van der Waals surface area contributed by atoms with Crippen LogP contribution in [0.2, 0.25) is 5.02 Å². The van der Waals surface area contributed by atoms with Crippen LogP contribution < -0.4 is 10.6 Å². The number of carbonyl (C=O) groups is 1. The van der Waals surface area contributed by atoms with Crippen LogP contribution in [0.15, 0.2) is 61.1 Å². The molecule has 1 aliphatic rings. The number of hydrogen-bond acceptors (Lipinski definition) is 5. The minimum absolute atomic E-state index is 0.133. The molecule has 2 amide bonds. The number of fused-ring (bicyclic) bond motifs is 1. The number of hydrogen-bond donors (Lipinski definition) is 2. The molecular weight excluding hydrogens is 474 g/mol. The van der Waals surface area contributed by atoms with Crippen molar-refractivity contribution < 1.29 is 4.79 Å². The third-order valence-electron chi connectivity index (χ3n) is 6.21. The minimum atomic E-state index is -0.133. The van der Waals surface area contributed by atoms with E-state index in [1.165, 1.54) is 5.56 Å². The van der Waals surface area contributed by atoms with E-state index in [2.05, 4.69) is 46.7 Å². The zero-order valence-electron chi connectivity index (χ0n) is 20.5. The normalized spacial score (nSPS) is 13.0. The lowest BCUT2D eigenvalue weighted by molar-refractivity contribution is 0.206. The molecule has 4 aromatic rings. The number of rotatable bonds is 5. The van der Waals surface area contributed by atoms with Gasteiger partial charge in [-0.1, -0.05) is 23.7 Å². The number of nitrogens with zero attached hydrogens (tertiary/aromatic N) is 5. The number of benzene rings is 2. The lowest BCUT2D eigenvalue weighted by Crippen LogP contribution is -2.38. The maximum absolute atomic E-state index is 12.7. The average Bonchev–Trinajstić information content (AvgIpc) is 3.35. The molecule has 0 unspecified atom stereocenters. The highest BCUT2D eigenvalue weighted by Crippen LogP contribution is 2.27. The summed E-state index contributed by atoms with van der Waals surface area (Å²) in [6.07, 6.45) is 6.44. The highest BCUT2D eigenvalue weighted by molar-refractivity contribution is 6.30. The van der Waals surface area contributed by atoms with E-state index in [0.717, 1.165) is 34.5 Å².